The van der Waals surface area contributed by atoms with Crippen molar-refractivity contribution in [2.24, 2.45) is 0 Å². The van der Waals surface area contributed by atoms with E-state index in [1.54, 1.807) is 24.3 Å². The first-order valence-corrected chi connectivity index (χ1v) is 6.62. The lowest BCUT2D eigenvalue weighted by atomic mass is 9.95. The summed E-state index contributed by atoms with van der Waals surface area (Å²) >= 11 is 0. The Morgan fingerprint density at radius 1 is 0.905 bits per heavy atom. The molecule has 0 aliphatic rings. The van der Waals surface area contributed by atoms with Gasteiger partial charge < -0.3 is 10.2 Å². The molecule has 0 aromatic heterocycles. The summed E-state index contributed by atoms with van der Waals surface area (Å²) in [7, 11) is 0. The van der Waals surface area contributed by atoms with Gasteiger partial charge in [-0.25, -0.2) is 4.79 Å². The highest BCUT2D eigenvalue weighted by Gasteiger charge is 2.07. The van der Waals surface area contributed by atoms with E-state index in [0.717, 1.165) is 27.5 Å². The first-order valence-electron chi connectivity index (χ1n) is 6.62. The van der Waals surface area contributed by atoms with E-state index in [9.17, 15) is 9.90 Å². The van der Waals surface area contributed by atoms with Gasteiger partial charge in [-0.05, 0) is 64.7 Å². The lowest BCUT2D eigenvalue weighted by molar-refractivity contribution is 0.0697. The van der Waals surface area contributed by atoms with Crippen LogP contribution in [0.1, 0.15) is 15.9 Å². The molecule has 0 amide bonds. The summed E-state index contributed by atoms with van der Waals surface area (Å²) in [5, 5.41) is 20.5. The Morgan fingerprint density at radius 2 is 1.62 bits per heavy atom. The van der Waals surface area contributed by atoms with Gasteiger partial charge in [0.2, 0.25) is 0 Å². The largest absolute Gasteiger partial charge is 0.508 e. The van der Waals surface area contributed by atoms with Crippen LogP contribution in [0.2, 0.25) is 0 Å². The molecule has 0 heterocycles. The lowest BCUT2D eigenvalue weighted by Gasteiger charge is -2.09. The van der Waals surface area contributed by atoms with Crippen LogP contribution < -0.4 is 0 Å². The van der Waals surface area contributed by atoms with Crippen molar-refractivity contribution in [1.82, 2.24) is 0 Å². The van der Waals surface area contributed by atoms with Gasteiger partial charge in [0.15, 0.2) is 0 Å². The van der Waals surface area contributed by atoms with Crippen LogP contribution in [-0.4, -0.2) is 16.2 Å². The number of hydrogen-bond acceptors (Lipinski definition) is 2. The van der Waals surface area contributed by atoms with Crippen molar-refractivity contribution in [3.05, 3.63) is 65.7 Å². The van der Waals surface area contributed by atoms with Crippen LogP contribution >= 0.6 is 0 Å². The summed E-state index contributed by atoms with van der Waals surface area (Å²) in [5.41, 5.74) is 3.40. The van der Waals surface area contributed by atoms with E-state index in [1.165, 1.54) is 0 Å². The molecule has 0 fully saturated rings. The molecular weight excluding hydrogens is 264 g/mol. The number of carbonyl (C=O) groups is 1. The molecule has 0 spiro atoms. The topological polar surface area (TPSA) is 57.5 Å². The number of aryl methyl sites for hydroxylation is 1. The molecule has 0 saturated heterocycles. The number of phenolic OH excluding ortho intramolecular Hbond substituents is 1. The van der Waals surface area contributed by atoms with Crippen molar-refractivity contribution in [2.75, 3.05) is 0 Å². The number of phenols is 1. The molecule has 0 atom stereocenters. The fourth-order valence-electron chi connectivity index (χ4n) is 2.50. The van der Waals surface area contributed by atoms with Crippen molar-refractivity contribution in [1.29, 1.82) is 0 Å². The fraction of sp³-hybridized carbons (Fsp3) is 0.0556. The highest BCUT2D eigenvalue weighted by Crippen LogP contribution is 2.30. The zero-order chi connectivity index (χ0) is 15.0. The number of rotatable bonds is 2. The minimum absolute atomic E-state index is 0.250. The molecule has 0 aliphatic heterocycles. The molecular formula is C18H14O3. The first-order chi connectivity index (χ1) is 10.0. The first kappa shape index (κ1) is 13.2. The minimum Gasteiger partial charge on any atom is -0.508 e. The van der Waals surface area contributed by atoms with Gasteiger partial charge >= 0.3 is 5.97 Å². The Labute approximate surface area is 122 Å². The van der Waals surface area contributed by atoms with Crippen molar-refractivity contribution in [3.8, 4) is 16.9 Å². The molecule has 104 valence electrons. The smallest absolute Gasteiger partial charge is 0.335 e. The summed E-state index contributed by atoms with van der Waals surface area (Å²) in [5.74, 6) is -0.673. The molecule has 3 aromatic rings. The van der Waals surface area contributed by atoms with Gasteiger partial charge in [-0.2, -0.15) is 0 Å². The molecule has 2 N–H and O–H groups in total. The standard InChI is InChI=1S/C18H14O3/c1-11-8-15-9-16(19)7-6-14(15)10-17(11)12-2-4-13(5-3-12)18(20)21/h2-10,19H,1H3,(H,20,21). The van der Waals surface area contributed by atoms with Crippen LogP contribution in [0.5, 0.6) is 5.75 Å². The van der Waals surface area contributed by atoms with E-state index < -0.39 is 5.97 Å². The number of carboxylic acid groups (broad SMARTS) is 1. The molecule has 3 heteroatoms. The van der Waals surface area contributed by atoms with Gasteiger partial charge in [0.1, 0.15) is 5.75 Å². The molecule has 3 rings (SSSR count). The van der Waals surface area contributed by atoms with E-state index in [4.69, 9.17) is 5.11 Å². The molecule has 0 unspecified atom stereocenters. The quantitative estimate of drug-likeness (QED) is 0.738. The fourth-order valence-corrected chi connectivity index (χ4v) is 2.50. The lowest BCUT2D eigenvalue weighted by Crippen LogP contribution is -1.95. The van der Waals surface area contributed by atoms with E-state index in [0.29, 0.717) is 0 Å². The summed E-state index contributed by atoms with van der Waals surface area (Å²) in [4.78, 5) is 10.9. The summed E-state index contributed by atoms with van der Waals surface area (Å²) < 4.78 is 0. The molecule has 0 aliphatic carbocycles. The average Bonchev–Trinajstić information content (AvgIpc) is 2.46. The summed E-state index contributed by atoms with van der Waals surface area (Å²) in [6.07, 6.45) is 0. The number of fused-ring (bicyclic) bond motifs is 1. The van der Waals surface area contributed by atoms with E-state index >= 15 is 0 Å². The SMILES string of the molecule is Cc1cc2cc(O)ccc2cc1-c1ccc(C(=O)O)cc1. The number of aromatic hydroxyl groups is 1. The van der Waals surface area contributed by atoms with Crippen LogP contribution in [0.15, 0.2) is 54.6 Å². The van der Waals surface area contributed by atoms with Gasteiger partial charge in [0.05, 0.1) is 5.56 Å². The van der Waals surface area contributed by atoms with Gasteiger partial charge in [-0.15, -0.1) is 0 Å². The highest BCUT2D eigenvalue weighted by atomic mass is 16.4. The van der Waals surface area contributed by atoms with E-state index in [1.807, 2.05) is 31.2 Å². The third-order valence-electron chi connectivity index (χ3n) is 3.61. The second-order valence-corrected chi connectivity index (χ2v) is 5.08. The molecule has 0 saturated carbocycles. The normalized spacial score (nSPS) is 10.7. The third-order valence-corrected chi connectivity index (χ3v) is 3.61. The number of benzene rings is 3. The number of hydrogen-bond donors (Lipinski definition) is 2. The van der Waals surface area contributed by atoms with Crippen LogP contribution in [0.3, 0.4) is 0 Å². The maximum Gasteiger partial charge on any atom is 0.335 e. The van der Waals surface area contributed by atoms with Crippen LogP contribution in [0.4, 0.5) is 0 Å². The van der Waals surface area contributed by atoms with Crippen LogP contribution in [0.25, 0.3) is 21.9 Å². The van der Waals surface area contributed by atoms with Crippen LogP contribution in [0, 0.1) is 6.92 Å². The maximum absolute atomic E-state index is 10.9. The van der Waals surface area contributed by atoms with Crippen LogP contribution in [-0.2, 0) is 0 Å². The van der Waals surface area contributed by atoms with E-state index in [2.05, 4.69) is 6.07 Å². The predicted octanol–water partition coefficient (Wildman–Crippen LogP) is 4.22. The second kappa shape index (κ2) is 4.94. The highest BCUT2D eigenvalue weighted by molar-refractivity contribution is 5.91. The Kier molecular flexibility index (Phi) is 3.10. The van der Waals surface area contributed by atoms with Gasteiger partial charge in [0.25, 0.3) is 0 Å². The van der Waals surface area contributed by atoms with Gasteiger partial charge in [-0.3, -0.25) is 0 Å². The Bertz CT molecular complexity index is 833. The summed E-state index contributed by atoms with van der Waals surface area (Å²) in [6, 6.07) is 16.2. The number of carboxylic acids is 1. The molecule has 3 nitrogen and oxygen atoms in total. The van der Waals surface area contributed by atoms with Crippen molar-refractivity contribution >= 4 is 16.7 Å². The van der Waals surface area contributed by atoms with Crippen molar-refractivity contribution in [2.45, 2.75) is 6.92 Å². The van der Waals surface area contributed by atoms with Gasteiger partial charge in [0, 0.05) is 0 Å². The Morgan fingerprint density at radius 3 is 2.29 bits per heavy atom. The monoisotopic (exact) mass is 278 g/mol. The number of aromatic carboxylic acids is 1. The Balaban J connectivity index is 2.13. The average molecular weight is 278 g/mol. The predicted molar refractivity (Wildman–Crippen MR) is 82.7 cm³/mol. The maximum atomic E-state index is 10.9. The minimum atomic E-state index is -0.924. The summed E-state index contributed by atoms with van der Waals surface area (Å²) in [6.45, 7) is 2.00. The third kappa shape index (κ3) is 2.46. The molecule has 0 radical (unpaired) electrons. The van der Waals surface area contributed by atoms with Crippen molar-refractivity contribution in [3.63, 3.8) is 0 Å². The zero-order valence-corrected chi connectivity index (χ0v) is 11.5. The Hall–Kier alpha value is -2.81. The molecule has 21 heavy (non-hydrogen) atoms. The van der Waals surface area contributed by atoms with Gasteiger partial charge in [-0.1, -0.05) is 24.3 Å². The molecule has 0 bridgehead atoms. The zero-order valence-electron chi connectivity index (χ0n) is 11.5. The van der Waals surface area contributed by atoms with Crippen molar-refractivity contribution < 1.29 is 15.0 Å². The second-order valence-electron chi connectivity index (χ2n) is 5.08. The molecule has 3 aromatic carbocycles. The van der Waals surface area contributed by atoms with E-state index in [-0.39, 0.29) is 11.3 Å².